The molecule has 1 heterocycles. The summed E-state index contributed by atoms with van der Waals surface area (Å²) < 4.78 is 59.8. The van der Waals surface area contributed by atoms with Crippen LogP contribution in [-0.2, 0) is 21.3 Å². The molecule has 2 N–H and O–H groups in total. The average Bonchev–Trinajstić information content (AvgIpc) is 2.90. The van der Waals surface area contributed by atoms with E-state index >= 15 is 0 Å². The molecule has 1 aromatic rings. The summed E-state index contributed by atoms with van der Waals surface area (Å²) in [4.78, 5) is -0.538. The van der Waals surface area contributed by atoms with Crippen molar-refractivity contribution in [3.63, 3.8) is 0 Å². The van der Waals surface area contributed by atoms with Crippen LogP contribution in [0.1, 0.15) is 18.9 Å². The van der Waals surface area contributed by atoms with Gasteiger partial charge in [0, 0.05) is 24.8 Å². The normalized spacial score (nSPS) is 19.1. The van der Waals surface area contributed by atoms with Crippen LogP contribution in [0.4, 0.5) is 8.78 Å². The number of halogens is 2. The first-order valence-electron chi connectivity index (χ1n) is 6.73. The molecule has 2 rings (SSSR count). The van der Waals surface area contributed by atoms with Gasteiger partial charge < -0.3 is 10.1 Å². The maximum atomic E-state index is 14.3. The van der Waals surface area contributed by atoms with Crippen LogP contribution in [0, 0.1) is 11.6 Å². The van der Waals surface area contributed by atoms with E-state index in [2.05, 4.69) is 10.0 Å². The van der Waals surface area contributed by atoms with E-state index in [1.165, 1.54) is 0 Å². The number of ether oxygens (including phenoxy) is 1. The molecule has 1 saturated heterocycles. The second-order valence-electron chi connectivity index (χ2n) is 4.80. The first-order valence-corrected chi connectivity index (χ1v) is 8.21. The van der Waals surface area contributed by atoms with Gasteiger partial charge >= 0.3 is 0 Å². The molecule has 5 nitrogen and oxygen atoms in total. The lowest BCUT2D eigenvalue weighted by Crippen LogP contribution is -2.35. The zero-order valence-corrected chi connectivity index (χ0v) is 12.5. The molecule has 1 aromatic carbocycles. The maximum absolute atomic E-state index is 14.3. The number of rotatable bonds is 6. The van der Waals surface area contributed by atoms with E-state index in [0.29, 0.717) is 19.6 Å². The third-order valence-electron chi connectivity index (χ3n) is 3.24. The van der Waals surface area contributed by atoms with E-state index in [1.807, 2.05) is 0 Å². The molecule has 0 radical (unpaired) electrons. The summed E-state index contributed by atoms with van der Waals surface area (Å²) in [5.74, 6) is -1.82. The summed E-state index contributed by atoms with van der Waals surface area (Å²) in [7, 11) is -4.04. The zero-order valence-electron chi connectivity index (χ0n) is 11.7. The molecule has 1 atom stereocenters. The lowest BCUT2D eigenvalue weighted by Gasteiger charge is -2.14. The van der Waals surface area contributed by atoms with Crippen molar-refractivity contribution in [3.05, 3.63) is 29.3 Å². The van der Waals surface area contributed by atoms with Crippen molar-refractivity contribution in [2.75, 3.05) is 19.8 Å². The maximum Gasteiger partial charge on any atom is 0.243 e. The van der Waals surface area contributed by atoms with Crippen LogP contribution < -0.4 is 10.0 Å². The molecule has 0 bridgehead atoms. The van der Waals surface area contributed by atoms with Gasteiger partial charge in [-0.1, -0.05) is 6.92 Å². The molecule has 1 unspecified atom stereocenters. The van der Waals surface area contributed by atoms with Gasteiger partial charge in [-0.05, 0) is 25.1 Å². The largest absolute Gasteiger partial charge is 0.380 e. The van der Waals surface area contributed by atoms with Crippen LogP contribution in [0.25, 0.3) is 0 Å². The Kier molecular flexibility index (Phi) is 5.26. The predicted molar refractivity (Wildman–Crippen MR) is 73.3 cm³/mol. The Labute approximate surface area is 122 Å². The molecule has 0 saturated carbocycles. The molecule has 21 heavy (non-hydrogen) atoms. The van der Waals surface area contributed by atoms with Gasteiger partial charge in [-0.3, -0.25) is 0 Å². The summed E-state index contributed by atoms with van der Waals surface area (Å²) in [6.45, 7) is 2.96. The molecule has 1 aliphatic heterocycles. The highest BCUT2D eigenvalue weighted by Crippen LogP contribution is 2.22. The number of sulfonamides is 1. The minimum absolute atomic E-state index is 0.0654. The van der Waals surface area contributed by atoms with Gasteiger partial charge in [-0.2, -0.15) is 0 Å². The zero-order chi connectivity index (χ0) is 15.5. The van der Waals surface area contributed by atoms with Gasteiger partial charge in [-0.15, -0.1) is 0 Å². The molecule has 1 fully saturated rings. The SMILES string of the molecule is CCNCc1c(F)ccc(S(=O)(=O)NC2CCOC2)c1F. The highest BCUT2D eigenvalue weighted by atomic mass is 32.2. The molecule has 118 valence electrons. The molecule has 0 aliphatic carbocycles. The van der Waals surface area contributed by atoms with Crippen molar-refractivity contribution in [3.8, 4) is 0 Å². The third-order valence-corrected chi connectivity index (χ3v) is 4.78. The van der Waals surface area contributed by atoms with E-state index in [0.717, 1.165) is 12.1 Å². The van der Waals surface area contributed by atoms with Gasteiger partial charge in [-0.25, -0.2) is 21.9 Å². The first kappa shape index (κ1) is 16.3. The fourth-order valence-corrected chi connectivity index (χ4v) is 3.46. The van der Waals surface area contributed by atoms with Gasteiger partial charge in [0.15, 0.2) is 5.82 Å². The van der Waals surface area contributed by atoms with Crippen molar-refractivity contribution in [2.24, 2.45) is 0 Å². The molecular formula is C13H18F2N2O3S. The predicted octanol–water partition coefficient (Wildman–Crippen LogP) is 1.14. The lowest BCUT2D eigenvalue weighted by molar-refractivity contribution is 0.192. The van der Waals surface area contributed by atoms with Crippen LogP contribution in [0.2, 0.25) is 0 Å². The Bertz CT molecular complexity index is 602. The van der Waals surface area contributed by atoms with Gasteiger partial charge in [0.1, 0.15) is 10.7 Å². The highest BCUT2D eigenvalue weighted by molar-refractivity contribution is 7.89. The van der Waals surface area contributed by atoms with Crippen LogP contribution in [0.15, 0.2) is 17.0 Å². The smallest absolute Gasteiger partial charge is 0.243 e. The van der Waals surface area contributed by atoms with Crippen molar-refractivity contribution < 1.29 is 21.9 Å². The summed E-state index contributed by atoms with van der Waals surface area (Å²) in [6, 6.07) is 1.53. The second-order valence-corrected chi connectivity index (χ2v) is 6.48. The van der Waals surface area contributed by atoms with Crippen LogP contribution in [0.5, 0.6) is 0 Å². The summed E-state index contributed by atoms with van der Waals surface area (Å²) in [6.07, 6.45) is 0.534. The Balaban J connectivity index is 2.29. The molecule has 0 spiro atoms. The fraction of sp³-hybridized carbons (Fsp3) is 0.538. The molecule has 8 heteroatoms. The summed E-state index contributed by atoms with van der Waals surface area (Å²) in [5, 5.41) is 2.78. The minimum Gasteiger partial charge on any atom is -0.380 e. The third kappa shape index (κ3) is 3.76. The van der Waals surface area contributed by atoms with E-state index in [4.69, 9.17) is 4.74 Å². The van der Waals surface area contributed by atoms with E-state index in [9.17, 15) is 17.2 Å². The monoisotopic (exact) mass is 320 g/mol. The Morgan fingerprint density at radius 2 is 2.14 bits per heavy atom. The molecule has 0 amide bonds. The van der Waals surface area contributed by atoms with Crippen molar-refractivity contribution >= 4 is 10.0 Å². The summed E-state index contributed by atoms with van der Waals surface area (Å²) >= 11 is 0. The van der Waals surface area contributed by atoms with Crippen LogP contribution >= 0.6 is 0 Å². The summed E-state index contributed by atoms with van der Waals surface area (Å²) in [5.41, 5.74) is -0.276. The Morgan fingerprint density at radius 3 is 2.76 bits per heavy atom. The highest BCUT2D eigenvalue weighted by Gasteiger charge is 2.27. The quantitative estimate of drug-likeness (QED) is 0.825. The van der Waals surface area contributed by atoms with Crippen molar-refractivity contribution in [1.82, 2.24) is 10.0 Å². The van der Waals surface area contributed by atoms with Gasteiger partial charge in [0.2, 0.25) is 10.0 Å². The number of benzene rings is 1. The van der Waals surface area contributed by atoms with Crippen molar-refractivity contribution in [1.29, 1.82) is 0 Å². The molecule has 0 aromatic heterocycles. The van der Waals surface area contributed by atoms with Crippen molar-refractivity contribution in [2.45, 2.75) is 30.8 Å². The van der Waals surface area contributed by atoms with E-state index < -0.39 is 26.6 Å². The van der Waals surface area contributed by atoms with E-state index in [1.54, 1.807) is 6.92 Å². The molecule has 1 aliphatic rings. The van der Waals surface area contributed by atoms with Gasteiger partial charge in [0.05, 0.1) is 6.61 Å². The van der Waals surface area contributed by atoms with Gasteiger partial charge in [0.25, 0.3) is 0 Å². The van der Waals surface area contributed by atoms with Crippen LogP contribution in [0.3, 0.4) is 0 Å². The van der Waals surface area contributed by atoms with E-state index in [-0.39, 0.29) is 24.8 Å². The minimum atomic E-state index is -4.04. The Morgan fingerprint density at radius 1 is 1.38 bits per heavy atom. The second kappa shape index (κ2) is 6.78. The number of hydrogen-bond acceptors (Lipinski definition) is 4. The lowest BCUT2D eigenvalue weighted by atomic mass is 10.2. The van der Waals surface area contributed by atoms with Crippen LogP contribution in [-0.4, -0.2) is 34.2 Å². The first-order chi connectivity index (χ1) is 9.95. The molecular weight excluding hydrogens is 302 g/mol. The topological polar surface area (TPSA) is 67.4 Å². The fourth-order valence-electron chi connectivity index (χ4n) is 2.11. The average molecular weight is 320 g/mol. The standard InChI is InChI=1S/C13H18F2N2O3S/c1-2-16-7-10-11(14)3-4-12(13(10)15)21(18,19)17-9-5-6-20-8-9/h3-4,9,16-17H,2,5-8H2,1H3. The number of hydrogen-bond donors (Lipinski definition) is 2. The Hall–Kier alpha value is -1.09. The number of nitrogens with one attached hydrogen (secondary N) is 2.